The number of rotatable bonds is 14. The van der Waals surface area contributed by atoms with Crippen molar-refractivity contribution >= 4 is 39.3 Å². The van der Waals surface area contributed by atoms with Gasteiger partial charge in [-0.2, -0.15) is 0 Å². The Morgan fingerprint density at radius 1 is 0.766 bits per heavy atom. The molecule has 2 amide bonds. The number of hydrogen-bond donors (Lipinski definition) is 6. The van der Waals surface area contributed by atoms with Crippen molar-refractivity contribution in [1.82, 2.24) is 5.32 Å². The molecule has 0 aliphatic carbocycles. The maximum absolute atomic E-state index is 12.7. The van der Waals surface area contributed by atoms with Crippen molar-refractivity contribution in [3.8, 4) is 11.5 Å². The monoisotopic (exact) mass is 664 g/mol. The summed E-state index contributed by atoms with van der Waals surface area (Å²) in [6.45, 7) is 0.455. The van der Waals surface area contributed by atoms with Crippen molar-refractivity contribution in [3.63, 3.8) is 0 Å². The molecule has 0 spiro atoms. The molecule has 0 saturated heterocycles. The topological polar surface area (TPSA) is 185 Å². The number of aromatic hydroxyl groups is 1. The lowest BCUT2D eigenvalue weighted by Crippen LogP contribution is -2.34. The maximum atomic E-state index is 12.7. The second-order valence-corrected chi connectivity index (χ2v) is 11.9. The van der Waals surface area contributed by atoms with E-state index in [0.29, 0.717) is 17.9 Å². The fourth-order valence-electron chi connectivity index (χ4n) is 4.50. The predicted molar refractivity (Wildman–Crippen MR) is 177 cm³/mol. The van der Waals surface area contributed by atoms with Crippen LogP contribution in [0, 0.1) is 0 Å². The van der Waals surface area contributed by atoms with Crippen LogP contribution in [-0.2, 0) is 19.5 Å². The quantitative estimate of drug-likeness (QED) is 0.103. The van der Waals surface area contributed by atoms with E-state index in [1.54, 1.807) is 42.5 Å². The number of aliphatic hydroxyl groups excluding tert-OH is 1. The van der Waals surface area contributed by atoms with E-state index in [1.807, 2.05) is 24.3 Å². The highest BCUT2D eigenvalue weighted by molar-refractivity contribution is 7.92. The van der Waals surface area contributed by atoms with Gasteiger partial charge in [-0.3, -0.25) is 15.4 Å². The molecule has 4 aromatic rings. The number of ether oxygens (including phenoxy) is 3. The number of nitrogens with one attached hydrogen (secondary N) is 4. The Morgan fingerprint density at radius 3 is 1.85 bits per heavy atom. The molecular formula is C33H36N4O9S. The van der Waals surface area contributed by atoms with Crippen molar-refractivity contribution in [1.29, 1.82) is 0 Å². The van der Waals surface area contributed by atoms with Crippen LogP contribution in [-0.4, -0.2) is 70.8 Å². The highest BCUT2D eigenvalue weighted by atomic mass is 32.2. The van der Waals surface area contributed by atoms with E-state index < -0.39 is 28.3 Å². The van der Waals surface area contributed by atoms with Crippen LogP contribution in [0.3, 0.4) is 0 Å². The van der Waals surface area contributed by atoms with E-state index in [0.717, 1.165) is 11.1 Å². The molecule has 0 aliphatic heterocycles. The highest BCUT2D eigenvalue weighted by Gasteiger charge is 2.18. The molecular weight excluding hydrogens is 628 g/mol. The number of phenols is 1. The smallest absolute Gasteiger partial charge is 0.411 e. The molecule has 13 nitrogen and oxygen atoms in total. The first kappa shape index (κ1) is 34.6. The van der Waals surface area contributed by atoms with Gasteiger partial charge in [0.1, 0.15) is 24.2 Å². The Morgan fingerprint density at radius 2 is 1.32 bits per heavy atom. The summed E-state index contributed by atoms with van der Waals surface area (Å²) in [5.74, 6) is -0.222. The van der Waals surface area contributed by atoms with Gasteiger partial charge in [-0.15, -0.1) is 0 Å². The van der Waals surface area contributed by atoms with E-state index in [1.165, 1.54) is 44.6 Å². The Kier molecular flexibility index (Phi) is 12.0. The first-order valence-corrected chi connectivity index (χ1v) is 15.9. The van der Waals surface area contributed by atoms with Crippen LogP contribution in [0.5, 0.6) is 11.5 Å². The average molecular weight is 665 g/mol. The third kappa shape index (κ3) is 10.1. The van der Waals surface area contributed by atoms with Gasteiger partial charge in [0.15, 0.2) is 0 Å². The van der Waals surface area contributed by atoms with Crippen LogP contribution in [0.25, 0.3) is 0 Å². The molecule has 47 heavy (non-hydrogen) atoms. The molecule has 0 aliphatic rings. The van der Waals surface area contributed by atoms with E-state index in [4.69, 9.17) is 4.74 Å². The van der Waals surface area contributed by atoms with Crippen molar-refractivity contribution < 1.29 is 42.4 Å². The number of sulfonamides is 1. The SMILES string of the molecule is COC(=O)Nc1ccc(C(CNCC(O)COc2ccc(O)c(NS(=O)(=O)c3ccccc3)c2)c2ccc(NC(=O)OC)cc2)cc1. The lowest BCUT2D eigenvalue weighted by Gasteiger charge is -2.21. The molecule has 6 N–H and O–H groups in total. The normalized spacial score (nSPS) is 11.7. The Hall–Kier alpha value is -5.31. The van der Waals surface area contributed by atoms with Crippen LogP contribution in [0.15, 0.2) is 102 Å². The second-order valence-electron chi connectivity index (χ2n) is 10.3. The van der Waals surface area contributed by atoms with Gasteiger partial charge in [0.05, 0.1) is 24.8 Å². The summed E-state index contributed by atoms with van der Waals surface area (Å²) in [4.78, 5) is 23.2. The molecule has 0 saturated carbocycles. The van der Waals surface area contributed by atoms with Crippen molar-refractivity contribution in [2.45, 2.75) is 16.9 Å². The molecule has 0 fully saturated rings. The van der Waals surface area contributed by atoms with Gasteiger partial charge in [-0.05, 0) is 59.7 Å². The van der Waals surface area contributed by atoms with E-state index in [9.17, 15) is 28.2 Å². The van der Waals surface area contributed by atoms with Crippen molar-refractivity contribution in [2.24, 2.45) is 0 Å². The van der Waals surface area contributed by atoms with Crippen LogP contribution in [0.2, 0.25) is 0 Å². The van der Waals surface area contributed by atoms with Gasteiger partial charge in [0.25, 0.3) is 10.0 Å². The molecule has 1 unspecified atom stereocenters. The van der Waals surface area contributed by atoms with Gasteiger partial charge < -0.3 is 29.7 Å². The maximum Gasteiger partial charge on any atom is 0.411 e. The molecule has 0 bridgehead atoms. The molecule has 0 heterocycles. The van der Waals surface area contributed by atoms with Gasteiger partial charge >= 0.3 is 12.2 Å². The van der Waals surface area contributed by atoms with Gasteiger partial charge in [-0.1, -0.05) is 42.5 Å². The van der Waals surface area contributed by atoms with Crippen LogP contribution in [0.1, 0.15) is 17.0 Å². The number of carbonyl (C=O) groups excluding carboxylic acids is 2. The lowest BCUT2D eigenvalue weighted by molar-refractivity contribution is 0.106. The second kappa shape index (κ2) is 16.3. The van der Waals surface area contributed by atoms with E-state index >= 15 is 0 Å². The van der Waals surface area contributed by atoms with E-state index in [-0.39, 0.29) is 41.2 Å². The fraction of sp³-hybridized carbons (Fsp3) is 0.212. The van der Waals surface area contributed by atoms with Crippen molar-refractivity contribution in [2.75, 3.05) is 49.3 Å². The van der Waals surface area contributed by atoms with Gasteiger partial charge in [0, 0.05) is 36.4 Å². The minimum absolute atomic E-state index is 0.0353. The Bertz CT molecular complexity index is 1680. The molecule has 248 valence electrons. The number of benzene rings is 4. The summed E-state index contributed by atoms with van der Waals surface area (Å²) in [6, 6.07) is 26.3. The van der Waals surface area contributed by atoms with Crippen LogP contribution >= 0.6 is 0 Å². The highest BCUT2D eigenvalue weighted by Crippen LogP contribution is 2.30. The zero-order valence-corrected chi connectivity index (χ0v) is 26.5. The summed E-state index contributed by atoms with van der Waals surface area (Å²) in [5.41, 5.74) is 2.89. The number of aliphatic hydroxyl groups is 1. The van der Waals surface area contributed by atoms with Gasteiger partial charge in [-0.25, -0.2) is 18.0 Å². The third-order valence-electron chi connectivity index (χ3n) is 6.93. The number of amides is 2. The minimum atomic E-state index is -3.94. The third-order valence-corrected chi connectivity index (χ3v) is 8.31. The number of hydrogen-bond acceptors (Lipinski definition) is 10. The lowest BCUT2D eigenvalue weighted by atomic mass is 9.91. The average Bonchev–Trinajstić information content (AvgIpc) is 3.08. The zero-order valence-electron chi connectivity index (χ0n) is 25.7. The first-order chi connectivity index (χ1) is 22.6. The summed E-state index contributed by atoms with van der Waals surface area (Å²) in [7, 11) is -1.38. The number of carbonyl (C=O) groups is 2. The van der Waals surface area contributed by atoms with Crippen LogP contribution < -0.4 is 25.4 Å². The number of anilines is 3. The predicted octanol–water partition coefficient (Wildman–Crippen LogP) is 4.71. The number of phenolic OH excluding ortho intramolecular Hbond substituents is 1. The molecule has 14 heteroatoms. The summed E-state index contributed by atoms with van der Waals surface area (Å²) in [5, 5.41) is 29.4. The Balaban J connectivity index is 1.38. The molecule has 4 rings (SSSR count). The largest absolute Gasteiger partial charge is 0.506 e. The molecule has 0 radical (unpaired) electrons. The van der Waals surface area contributed by atoms with Gasteiger partial charge in [0.2, 0.25) is 0 Å². The zero-order chi connectivity index (χ0) is 33.8. The van der Waals surface area contributed by atoms with Crippen molar-refractivity contribution in [3.05, 3.63) is 108 Å². The summed E-state index contributed by atoms with van der Waals surface area (Å²) < 4.78 is 42.7. The standard InChI is InChI=1S/C33H36N4O9S/c1-44-32(40)35-24-12-8-22(9-13-24)29(23-10-14-25(15-11-23)36-33(41)45-2)20-34-19-26(38)21-46-27-16-17-31(39)30(18-27)37-47(42,43)28-6-4-3-5-7-28/h3-18,26,29,34,37-39H,19-21H2,1-2H3,(H,35,40)(H,36,41). The molecule has 1 atom stereocenters. The number of methoxy groups -OCH3 is 2. The minimum Gasteiger partial charge on any atom is -0.506 e. The molecule has 4 aromatic carbocycles. The first-order valence-electron chi connectivity index (χ1n) is 14.4. The van der Waals surface area contributed by atoms with E-state index in [2.05, 4.69) is 30.1 Å². The molecule has 0 aromatic heterocycles. The summed E-state index contributed by atoms with van der Waals surface area (Å²) in [6.07, 6.45) is -2.11. The fourth-order valence-corrected chi connectivity index (χ4v) is 5.59. The summed E-state index contributed by atoms with van der Waals surface area (Å²) >= 11 is 0. The Labute approximate surface area is 272 Å². The van der Waals surface area contributed by atoms with Crippen LogP contribution in [0.4, 0.5) is 26.7 Å².